The van der Waals surface area contributed by atoms with E-state index in [4.69, 9.17) is 4.74 Å². The van der Waals surface area contributed by atoms with Crippen LogP contribution in [0.2, 0.25) is 0 Å². The highest BCUT2D eigenvalue weighted by Gasteiger charge is 2.12. The number of allylic oxidation sites excluding steroid dienone is 1. The van der Waals surface area contributed by atoms with E-state index >= 15 is 0 Å². The molecule has 0 fully saturated rings. The number of hydrogen-bond donors (Lipinski definition) is 1. The molecule has 2 aromatic carbocycles. The molecule has 2 aromatic rings. The van der Waals surface area contributed by atoms with E-state index < -0.39 is 6.10 Å². The summed E-state index contributed by atoms with van der Waals surface area (Å²) in [5.41, 5.74) is 0.845. The van der Waals surface area contributed by atoms with Gasteiger partial charge in [0, 0.05) is 10.9 Å². The molecule has 0 saturated heterocycles. The average molecular weight is 256 g/mol. The Hall–Kier alpha value is -1.80. The smallest absolute Gasteiger partial charge is 0.132 e. The Labute approximate surface area is 114 Å². The van der Waals surface area contributed by atoms with Gasteiger partial charge < -0.3 is 9.84 Å². The van der Waals surface area contributed by atoms with E-state index in [1.54, 1.807) is 6.92 Å². The second-order valence-corrected chi connectivity index (χ2v) is 4.66. The Bertz CT molecular complexity index is 558. The first-order chi connectivity index (χ1) is 9.24. The Balaban J connectivity index is 2.35. The van der Waals surface area contributed by atoms with Gasteiger partial charge in [0.2, 0.25) is 0 Å². The van der Waals surface area contributed by atoms with Crippen molar-refractivity contribution in [2.75, 3.05) is 6.61 Å². The Kier molecular flexibility index (Phi) is 4.58. The van der Waals surface area contributed by atoms with Gasteiger partial charge >= 0.3 is 0 Å². The van der Waals surface area contributed by atoms with Crippen molar-refractivity contribution in [2.45, 2.75) is 25.9 Å². The number of hydrogen-bond acceptors (Lipinski definition) is 2. The monoisotopic (exact) mass is 256 g/mol. The van der Waals surface area contributed by atoms with Crippen molar-refractivity contribution in [2.24, 2.45) is 0 Å². The number of aliphatic hydroxyl groups excluding tert-OH is 1. The summed E-state index contributed by atoms with van der Waals surface area (Å²) in [7, 11) is 0. The molecule has 100 valence electrons. The lowest BCUT2D eigenvalue weighted by atomic mass is 10.0. The molecule has 1 N–H and O–H groups in total. The van der Waals surface area contributed by atoms with Crippen LogP contribution in [0.5, 0.6) is 5.75 Å². The molecule has 0 radical (unpaired) electrons. The third-order valence-corrected chi connectivity index (χ3v) is 3.16. The lowest BCUT2D eigenvalue weighted by Gasteiger charge is -2.16. The first-order valence-electron chi connectivity index (χ1n) is 6.67. The van der Waals surface area contributed by atoms with Gasteiger partial charge in [0.05, 0.1) is 12.7 Å². The molecule has 0 aliphatic carbocycles. The van der Waals surface area contributed by atoms with Crippen LogP contribution in [0.3, 0.4) is 0 Å². The van der Waals surface area contributed by atoms with Crippen LogP contribution in [0.4, 0.5) is 0 Å². The fraction of sp³-hybridized carbons (Fsp3) is 0.294. The third kappa shape index (κ3) is 3.15. The first-order valence-corrected chi connectivity index (χ1v) is 6.67. The quantitative estimate of drug-likeness (QED) is 0.619. The fourth-order valence-corrected chi connectivity index (χ4v) is 2.15. The number of unbranched alkanes of at least 4 members (excludes halogenated alkanes) is 1. The van der Waals surface area contributed by atoms with Crippen LogP contribution >= 0.6 is 0 Å². The zero-order valence-corrected chi connectivity index (χ0v) is 11.3. The molecule has 0 aliphatic rings. The molecule has 0 amide bonds. The number of rotatable bonds is 6. The second kappa shape index (κ2) is 6.39. The van der Waals surface area contributed by atoms with Gasteiger partial charge in [-0.15, -0.1) is 6.58 Å². The first kappa shape index (κ1) is 13.6. The highest BCUT2D eigenvalue weighted by molar-refractivity contribution is 5.89. The maximum Gasteiger partial charge on any atom is 0.132 e. The summed E-state index contributed by atoms with van der Waals surface area (Å²) in [5, 5.41) is 12.1. The van der Waals surface area contributed by atoms with Crippen LogP contribution in [0.1, 0.15) is 31.4 Å². The highest BCUT2D eigenvalue weighted by Crippen LogP contribution is 2.33. The molecule has 0 spiro atoms. The van der Waals surface area contributed by atoms with Gasteiger partial charge in [0.15, 0.2) is 0 Å². The van der Waals surface area contributed by atoms with E-state index in [2.05, 4.69) is 12.6 Å². The van der Waals surface area contributed by atoms with E-state index in [1.807, 2.05) is 36.4 Å². The van der Waals surface area contributed by atoms with Crippen molar-refractivity contribution >= 4 is 10.8 Å². The van der Waals surface area contributed by atoms with Gasteiger partial charge in [-0.25, -0.2) is 0 Å². The van der Waals surface area contributed by atoms with Crippen LogP contribution in [-0.4, -0.2) is 11.7 Å². The molecule has 0 saturated carbocycles. The fourth-order valence-electron chi connectivity index (χ4n) is 2.15. The van der Waals surface area contributed by atoms with Gasteiger partial charge in [-0.1, -0.05) is 42.5 Å². The topological polar surface area (TPSA) is 29.5 Å². The predicted molar refractivity (Wildman–Crippen MR) is 79.5 cm³/mol. The van der Waals surface area contributed by atoms with Crippen molar-refractivity contribution in [1.29, 1.82) is 0 Å². The SMILES string of the molecule is C=CCCCOc1c(C(C)O)ccc2ccccc12. The van der Waals surface area contributed by atoms with Crippen molar-refractivity contribution in [3.05, 3.63) is 54.6 Å². The number of benzene rings is 2. The van der Waals surface area contributed by atoms with Crippen LogP contribution in [0.15, 0.2) is 49.1 Å². The summed E-state index contributed by atoms with van der Waals surface area (Å²) < 4.78 is 5.91. The molecule has 1 atom stereocenters. The lowest BCUT2D eigenvalue weighted by Crippen LogP contribution is -2.03. The standard InChI is InChI=1S/C17H20O2/c1-3-4-7-12-19-17-15(13(2)18)11-10-14-8-5-6-9-16(14)17/h3,5-6,8-11,13,18H,1,4,7,12H2,2H3. The summed E-state index contributed by atoms with van der Waals surface area (Å²) in [6, 6.07) is 12.0. The molecular formula is C17H20O2. The molecule has 1 unspecified atom stereocenters. The second-order valence-electron chi connectivity index (χ2n) is 4.66. The minimum Gasteiger partial charge on any atom is -0.493 e. The molecule has 0 aromatic heterocycles. The van der Waals surface area contributed by atoms with Crippen LogP contribution in [0, 0.1) is 0 Å². The minimum absolute atomic E-state index is 0.529. The predicted octanol–water partition coefficient (Wildman–Crippen LogP) is 4.24. The lowest BCUT2D eigenvalue weighted by molar-refractivity contribution is 0.191. The van der Waals surface area contributed by atoms with Crippen molar-refractivity contribution in [3.63, 3.8) is 0 Å². The minimum atomic E-state index is -0.529. The van der Waals surface area contributed by atoms with Crippen molar-refractivity contribution in [1.82, 2.24) is 0 Å². The number of ether oxygens (including phenoxy) is 1. The van der Waals surface area contributed by atoms with Gasteiger partial charge in [-0.3, -0.25) is 0 Å². The van der Waals surface area contributed by atoms with E-state index in [0.717, 1.165) is 34.9 Å². The molecule has 2 rings (SSSR count). The number of fused-ring (bicyclic) bond motifs is 1. The van der Waals surface area contributed by atoms with Crippen molar-refractivity contribution in [3.8, 4) is 5.75 Å². The Morgan fingerprint density at radius 2 is 2.05 bits per heavy atom. The van der Waals surface area contributed by atoms with E-state index in [-0.39, 0.29) is 0 Å². The molecule has 19 heavy (non-hydrogen) atoms. The Morgan fingerprint density at radius 3 is 2.79 bits per heavy atom. The normalized spacial score (nSPS) is 12.3. The van der Waals surface area contributed by atoms with Crippen LogP contribution in [0.25, 0.3) is 10.8 Å². The summed E-state index contributed by atoms with van der Waals surface area (Å²) in [6.45, 7) is 6.11. The summed E-state index contributed by atoms with van der Waals surface area (Å²) in [5.74, 6) is 0.803. The van der Waals surface area contributed by atoms with Crippen molar-refractivity contribution < 1.29 is 9.84 Å². The average Bonchev–Trinajstić information content (AvgIpc) is 2.43. The molecule has 0 bridgehead atoms. The van der Waals surface area contributed by atoms with E-state index in [9.17, 15) is 5.11 Å². The van der Waals surface area contributed by atoms with Gasteiger partial charge in [0.1, 0.15) is 5.75 Å². The van der Waals surface area contributed by atoms with Gasteiger partial charge in [0.25, 0.3) is 0 Å². The molecule has 0 aliphatic heterocycles. The summed E-state index contributed by atoms with van der Waals surface area (Å²) in [6.07, 6.45) is 3.24. The third-order valence-electron chi connectivity index (χ3n) is 3.16. The van der Waals surface area contributed by atoms with Gasteiger partial charge in [-0.2, -0.15) is 0 Å². The highest BCUT2D eigenvalue weighted by atomic mass is 16.5. The summed E-state index contributed by atoms with van der Waals surface area (Å²) >= 11 is 0. The van der Waals surface area contributed by atoms with Crippen LogP contribution in [-0.2, 0) is 0 Å². The molecule has 2 nitrogen and oxygen atoms in total. The maximum atomic E-state index is 9.87. The van der Waals surface area contributed by atoms with Gasteiger partial charge in [-0.05, 0) is 25.2 Å². The zero-order chi connectivity index (χ0) is 13.7. The molecule has 2 heteroatoms. The number of aliphatic hydroxyl groups is 1. The maximum absolute atomic E-state index is 9.87. The Morgan fingerprint density at radius 1 is 1.26 bits per heavy atom. The van der Waals surface area contributed by atoms with Crippen LogP contribution < -0.4 is 4.74 Å². The molecule has 0 heterocycles. The summed E-state index contributed by atoms with van der Waals surface area (Å²) in [4.78, 5) is 0. The van der Waals surface area contributed by atoms with E-state index in [1.165, 1.54) is 0 Å². The molecular weight excluding hydrogens is 236 g/mol. The largest absolute Gasteiger partial charge is 0.493 e. The van der Waals surface area contributed by atoms with E-state index in [0.29, 0.717) is 6.61 Å². The zero-order valence-electron chi connectivity index (χ0n) is 11.3.